The molecular formula is C34H43N7O3. The van der Waals surface area contributed by atoms with E-state index in [0.717, 1.165) is 56.6 Å². The summed E-state index contributed by atoms with van der Waals surface area (Å²) in [6.07, 6.45) is 7.15. The van der Waals surface area contributed by atoms with Crippen molar-refractivity contribution < 1.29 is 14.3 Å². The quantitative estimate of drug-likeness (QED) is 0.395. The van der Waals surface area contributed by atoms with Gasteiger partial charge in [-0.2, -0.15) is 0 Å². The van der Waals surface area contributed by atoms with E-state index in [4.69, 9.17) is 9.72 Å². The normalized spacial score (nSPS) is 21.9. The molecule has 0 saturated carbocycles. The van der Waals surface area contributed by atoms with E-state index in [1.54, 1.807) is 12.4 Å². The first-order valence-corrected chi connectivity index (χ1v) is 16.0. The molecule has 0 unspecified atom stereocenters. The maximum absolute atomic E-state index is 13.9. The van der Waals surface area contributed by atoms with Crippen LogP contribution in [-0.4, -0.2) is 89.7 Å². The van der Waals surface area contributed by atoms with E-state index in [1.807, 2.05) is 53.1 Å². The molecule has 3 fully saturated rings. The molecule has 3 aromatic rings. The maximum Gasteiger partial charge on any atom is 0.320 e. The van der Waals surface area contributed by atoms with Crippen molar-refractivity contribution >= 4 is 17.6 Å². The summed E-state index contributed by atoms with van der Waals surface area (Å²) in [5, 5.41) is 6.53. The highest BCUT2D eigenvalue weighted by Crippen LogP contribution is 2.37. The average Bonchev–Trinajstić information content (AvgIpc) is 3.78. The van der Waals surface area contributed by atoms with E-state index in [-0.39, 0.29) is 30.1 Å². The predicted molar refractivity (Wildman–Crippen MR) is 171 cm³/mol. The summed E-state index contributed by atoms with van der Waals surface area (Å²) in [6.45, 7) is 8.68. The summed E-state index contributed by atoms with van der Waals surface area (Å²) in [5.74, 6) is 0.420. The average molecular weight is 598 g/mol. The highest BCUT2D eigenvalue weighted by Gasteiger charge is 2.37. The highest BCUT2D eigenvalue weighted by atomic mass is 16.5. The monoisotopic (exact) mass is 597 g/mol. The number of pyridine rings is 2. The standard InChI is InChI=1S/C34H43N7O3/c1-3-27-23-39(34(43)41-17-9-13-28(41)24-10-6-5-7-11-24)18-19-40(27)29-20-30(44-4-2)31(25-12-8-15-35-21-25)38-32(29)33(42)37-26-14-16-36-22-26/h5-8,10-12,15,20-21,26-28,36H,3-4,9,13-14,16-19,22-23H2,1-2H3,(H,37,42)/t26-,27-,28+/m1/s1. The van der Waals surface area contributed by atoms with Gasteiger partial charge in [0.1, 0.15) is 11.4 Å². The molecule has 0 radical (unpaired) electrons. The molecule has 3 amide bonds. The first kappa shape index (κ1) is 29.9. The molecule has 5 heterocycles. The van der Waals surface area contributed by atoms with Gasteiger partial charge in [0, 0.05) is 68.8 Å². The van der Waals surface area contributed by atoms with E-state index in [0.29, 0.717) is 43.4 Å². The van der Waals surface area contributed by atoms with E-state index in [2.05, 4.69) is 39.6 Å². The van der Waals surface area contributed by atoms with Crippen molar-refractivity contribution in [1.29, 1.82) is 0 Å². The van der Waals surface area contributed by atoms with Crippen molar-refractivity contribution in [1.82, 2.24) is 30.4 Å². The van der Waals surface area contributed by atoms with Crippen molar-refractivity contribution in [2.45, 2.75) is 57.7 Å². The second-order valence-electron chi connectivity index (χ2n) is 11.8. The SMILES string of the molecule is CCOc1cc(N2CCN(C(=O)N3CCC[C@H]3c3ccccc3)C[C@H]2CC)c(C(=O)N[C@@H]2CCNC2)nc1-c1cccnc1. The molecule has 3 saturated heterocycles. The number of hydrogen-bond acceptors (Lipinski definition) is 7. The molecule has 3 aliphatic heterocycles. The number of rotatable bonds is 8. The topological polar surface area (TPSA) is 103 Å². The van der Waals surface area contributed by atoms with Crippen LogP contribution in [0.5, 0.6) is 5.75 Å². The number of nitrogens with zero attached hydrogens (tertiary/aromatic N) is 5. The van der Waals surface area contributed by atoms with Crippen molar-refractivity contribution in [3.63, 3.8) is 0 Å². The Hall–Kier alpha value is -4.18. The van der Waals surface area contributed by atoms with Crippen molar-refractivity contribution in [2.24, 2.45) is 0 Å². The Kier molecular flexibility index (Phi) is 9.26. The van der Waals surface area contributed by atoms with Gasteiger partial charge in [0.2, 0.25) is 0 Å². The number of aromatic nitrogens is 2. The summed E-state index contributed by atoms with van der Waals surface area (Å²) in [6, 6.07) is 16.4. The fraction of sp³-hybridized carbons (Fsp3) is 0.471. The Morgan fingerprint density at radius 2 is 1.93 bits per heavy atom. The number of amides is 3. The molecule has 10 heteroatoms. The number of piperazine rings is 1. The molecule has 6 rings (SSSR count). The molecule has 10 nitrogen and oxygen atoms in total. The largest absolute Gasteiger partial charge is 0.492 e. The molecule has 2 N–H and O–H groups in total. The van der Waals surface area contributed by atoms with Gasteiger partial charge in [-0.05, 0) is 56.8 Å². The molecule has 3 atom stereocenters. The van der Waals surface area contributed by atoms with Gasteiger partial charge in [-0.3, -0.25) is 9.78 Å². The Morgan fingerprint density at radius 1 is 1.07 bits per heavy atom. The van der Waals surface area contributed by atoms with Gasteiger partial charge >= 0.3 is 6.03 Å². The van der Waals surface area contributed by atoms with Gasteiger partial charge in [-0.15, -0.1) is 0 Å². The number of urea groups is 1. The number of carbonyl (C=O) groups is 2. The fourth-order valence-electron chi connectivity index (χ4n) is 6.77. The van der Waals surface area contributed by atoms with E-state index >= 15 is 0 Å². The zero-order valence-corrected chi connectivity index (χ0v) is 25.7. The van der Waals surface area contributed by atoms with Gasteiger partial charge in [-0.25, -0.2) is 9.78 Å². The van der Waals surface area contributed by atoms with E-state index in [9.17, 15) is 9.59 Å². The Labute approximate surface area is 259 Å². The minimum atomic E-state index is -0.196. The molecule has 44 heavy (non-hydrogen) atoms. The molecule has 0 bridgehead atoms. The van der Waals surface area contributed by atoms with Crippen molar-refractivity contribution in [2.75, 3.05) is 50.8 Å². The molecule has 0 aliphatic carbocycles. The van der Waals surface area contributed by atoms with Crippen LogP contribution in [-0.2, 0) is 0 Å². The molecule has 0 spiro atoms. The molecule has 232 valence electrons. The number of anilines is 1. The Balaban J connectivity index is 1.30. The first-order chi connectivity index (χ1) is 21.6. The van der Waals surface area contributed by atoms with Crippen LogP contribution in [0.1, 0.15) is 61.6 Å². The predicted octanol–water partition coefficient (Wildman–Crippen LogP) is 4.49. The van der Waals surface area contributed by atoms with Crippen LogP contribution in [0, 0.1) is 0 Å². The summed E-state index contributed by atoms with van der Waals surface area (Å²) in [4.78, 5) is 43.4. The summed E-state index contributed by atoms with van der Waals surface area (Å²) in [7, 11) is 0. The van der Waals surface area contributed by atoms with Crippen LogP contribution in [0.4, 0.5) is 10.5 Å². The van der Waals surface area contributed by atoms with Crippen LogP contribution in [0.3, 0.4) is 0 Å². The number of hydrogen-bond donors (Lipinski definition) is 2. The van der Waals surface area contributed by atoms with E-state index in [1.165, 1.54) is 5.56 Å². The van der Waals surface area contributed by atoms with Crippen LogP contribution in [0.15, 0.2) is 60.9 Å². The minimum Gasteiger partial charge on any atom is -0.492 e. The van der Waals surface area contributed by atoms with Crippen LogP contribution >= 0.6 is 0 Å². The third-order valence-electron chi connectivity index (χ3n) is 9.03. The van der Waals surface area contributed by atoms with Gasteiger partial charge in [0.15, 0.2) is 5.69 Å². The summed E-state index contributed by atoms with van der Waals surface area (Å²) >= 11 is 0. The third-order valence-corrected chi connectivity index (χ3v) is 9.03. The summed E-state index contributed by atoms with van der Waals surface area (Å²) in [5.41, 5.74) is 3.70. The van der Waals surface area contributed by atoms with Crippen LogP contribution < -0.4 is 20.3 Å². The Morgan fingerprint density at radius 3 is 2.66 bits per heavy atom. The number of nitrogens with one attached hydrogen (secondary N) is 2. The highest BCUT2D eigenvalue weighted by molar-refractivity contribution is 5.99. The second-order valence-corrected chi connectivity index (χ2v) is 11.8. The van der Waals surface area contributed by atoms with E-state index < -0.39 is 0 Å². The minimum absolute atomic E-state index is 0.0192. The number of likely N-dealkylation sites (tertiary alicyclic amines) is 1. The zero-order chi connectivity index (χ0) is 30.5. The van der Waals surface area contributed by atoms with Gasteiger partial charge in [0.25, 0.3) is 5.91 Å². The van der Waals surface area contributed by atoms with Crippen LogP contribution in [0.25, 0.3) is 11.3 Å². The van der Waals surface area contributed by atoms with Gasteiger partial charge < -0.3 is 30.1 Å². The lowest BCUT2D eigenvalue weighted by Crippen LogP contribution is -2.57. The lowest BCUT2D eigenvalue weighted by Gasteiger charge is -2.44. The smallest absolute Gasteiger partial charge is 0.320 e. The van der Waals surface area contributed by atoms with Gasteiger partial charge in [0.05, 0.1) is 18.3 Å². The number of benzene rings is 1. The lowest BCUT2D eigenvalue weighted by molar-refractivity contribution is 0.0934. The third kappa shape index (κ3) is 6.22. The number of ether oxygens (including phenoxy) is 1. The zero-order valence-electron chi connectivity index (χ0n) is 25.7. The molecule has 3 aliphatic rings. The van der Waals surface area contributed by atoms with Crippen LogP contribution in [0.2, 0.25) is 0 Å². The summed E-state index contributed by atoms with van der Waals surface area (Å²) < 4.78 is 6.11. The Bertz CT molecular complexity index is 1430. The maximum atomic E-state index is 13.9. The number of carbonyl (C=O) groups excluding carboxylic acids is 2. The van der Waals surface area contributed by atoms with Crippen molar-refractivity contribution in [3.05, 3.63) is 72.2 Å². The van der Waals surface area contributed by atoms with Gasteiger partial charge in [-0.1, -0.05) is 37.3 Å². The molecule has 2 aromatic heterocycles. The first-order valence-electron chi connectivity index (χ1n) is 16.0. The fourth-order valence-corrected chi connectivity index (χ4v) is 6.77. The lowest BCUT2D eigenvalue weighted by atomic mass is 10.0. The molecular weight excluding hydrogens is 554 g/mol. The molecule has 1 aromatic carbocycles. The van der Waals surface area contributed by atoms with Crippen molar-refractivity contribution in [3.8, 4) is 17.0 Å². The second kappa shape index (κ2) is 13.6.